The molecule has 2 rings (SSSR count). The minimum atomic E-state index is -1.82. The molecule has 0 saturated carbocycles. The second kappa shape index (κ2) is 11.0. The van der Waals surface area contributed by atoms with Crippen LogP contribution >= 0.6 is 0 Å². The van der Waals surface area contributed by atoms with Crippen LogP contribution in [0.25, 0.3) is 0 Å². The lowest BCUT2D eigenvalue weighted by Gasteiger charge is -2.30. The highest BCUT2D eigenvalue weighted by molar-refractivity contribution is 6.27. The summed E-state index contributed by atoms with van der Waals surface area (Å²) in [6.07, 6.45) is 3.63. The van der Waals surface area contributed by atoms with E-state index in [4.69, 9.17) is 24.5 Å². The van der Waals surface area contributed by atoms with Crippen LogP contribution in [0.3, 0.4) is 0 Å². The number of carboxylic acid groups (broad SMARTS) is 2. The quantitative estimate of drug-likeness (QED) is 0.338. The molecule has 0 bridgehead atoms. The van der Waals surface area contributed by atoms with E-state index in [0.717, 1.165) is 18.9 Å². The number of benzene rings is 1. The van der Waals surface area contributed by atoms with Crippen LogP contribution in [-0.2, 0) is 9.59 Å². The van der Waals surface area contributed by atoms with Gasteiger partial charge >= 0.3 is 11.9 Å². The highest BCUT2D eigenvalue weighted by Crippen LogP contribution is 2.18. The van der Waals surface area contributed by atoms with Crippen molar-refractivity contribution in [2.24, 2.45) is 5.92 Å². The monoisotopic (exact) mass is 368 g/mol. The number of nitro benzene ring substituents is 1. The molecule has 2 N–H and O–H groups in total. The third-order valence-corrected chi connectivity index (χ3v) is 3.86. The number of non-ortho nitro benzene ring substituents is 1. The Hall–Kier alpha value is -2.68. The number of carbonyl (C=O) groups is 2. The van der Waals surface area contributed by atoms with E-state index in [2.05, 4.69) is 11.8 Å². The van der Waals surface area contributed by atoms with Crippen LogP contribution in [-0.4, -0.2) is 58.2 Å². The van der Waals surface area contributed by atoms with Crippen molar-refractivity contribution >= 4 is 17.6 Å². The topological polar surface area (TPSA) is 130 Å². The standard InChI is InChI=1S/C15H22N2O3.C2H2O4/c1-13-4-2-9-16(12-13)10-3-11-20-15-7-5-14(6-8-15)17(18)19;3-1(4)2(5)6/h5-8,13H,2-4,9-12H2,1H3;(H,3,4)(H,5,6). The van der Waals surface area contributed by atoms with Crippen LogP contribution in [0.15, 0.2) is 24.3 Å². The van der Waals surface area contributed by atoms with E-state index < -0.39 is 16.9 Å². The van der Waals surface area contributed by atoms with Crippen molar-refractivity contribution in [3.8, 4) is 5.75 Å². The fourth-order valence-corrected chi connectivity index (χ4v) is 2.63. The highest BCUT2D eigenvalue weighted by atomic mass is 16.6. The van der Waals surface area contributed by atoms with Gasteiger partial charge in [-0.05, 0) is 43.9 Å². The summed E-state index contributed by atoms with van der Waals surface area (Å²) in [5.41, 5.74) is 0.0969. The summed E-state index contributed by atoms with van der Waals surface area (Å²) in [5, 5.41) is 25.3. The summed E-state index contributed by atoms with van der Waals surface area (Å²) in [4.78, 5) is 30.8. The molecule has 1 aromatic carbocycles. The Labute approximate surface area is 151 Å². The molecule has 1 heterocycles. The van der Waals surface area contributed by atoms with Crippen LogP contribution in [0, 0.1) is 16.0 Å². The van der Waals surface area contributed by atoms with Gasteiger partial charge in [0.1, 0.15) is 5.75 Å². The Bertz CT molecular complexity index is 592. The molecule has 144 valence electrons. The van der Waals surface area contributed by atoms with Crippen molar-refractivity contribution in [3.05, 3.63) is 34.4 Å². The predicted octanol–water partition coefficient (Wildman–Crippen LogP) is 2.25. The zero-order valence-electron chi connectivity index (χ0n) is 14.7. The van der Waals surface area contributed by atoms with Crippen LogP contribution in [0.5, 0.6) is 5.75 Å². The summed E-state index contributed by atoms with van der Waals surface area (Å²) in [6, 6.07) is 6.26. The van der Waals surface area contributed by atoms with Crippen molar-refractivity contribution in [2.45, 2.75) is 26.2 Å². The molecular weight excluding hydrogens is 344 g/mol. The molecule has 1 unspecified atom stereocenters. The van der Waals surface area contributed by atoms with Gasteiger partial charge < -0.3 is 19.8 Å². The van der Waals surface area contributed by atoms with Gasteiger partial charge in [-0.3, -0.25) is 10.1 Å². The van der Waals surface area contributed by atoms with Crippen LogP contribution in [0.4, 0.5) is 5.69 Å². The molecule has 26 heavy (non-hydrogen) atoms. The number of likely N-dealkylation sites (tertiary alicyclic amines) is 1. The summed E-state index contributed by atoms with van der Waals surface area (Å²) >= 11 is 0. The summed E-state index contributed by atoms with van der Waals surface area (Å²) in [6.45, 7) is 6.42. The van der Waals surface area contributed by atoms with Gasteiger partial charge in [-0.1, -0.05) is 6.92 Å². The Morgan fingerprint density at radius 1 is 1.27 bits per heavy atom. The SMILES string of the molecule is CC1CCCN(CCCOc2ccc([N+](=O)[O-])cc2)C1.O=C(O)C(=O)O. The fraction of sp³-hybridized carbons (Fsp3) is 0.529. The average molecular weight is 368 g/mol. The van der Waals surface area contributed by atoms with Gasteiger partial charge in [0.05, 0.1) is 11.5 Å². The van der Waals surface area contributed by atoms with Gasteiger partial charge in [0.25, 0.3) is 5.69 Å². The number of ether oxygens (including phenoxy) is 1. The van der Waals surface area contributed by atoms with Gasteiger partial charge in [0.15, 0.2) is 0 Å². The minimum Gasteiger partial charge on any atom is -0.494 e. The average Bonchev–Trinajstić information content (AvgIpc) is 2.59. The first kappa shape index (κ1) is 21.4. The van der Waals surface area contributed by atoms with E-state index >= 15 is 0 Å². The zero-order chi connectivity index (χ0) is 19.5. The summed E-state index contributed by atoms with van der Waals surface area (Å²) in [7, 11) is 0. The molecular formula is C17H24N2O7. The van der Waals surface area contributed by atoms with Crippen LogP contribution in [0.2, 0.25) is 0 Å². The summed E-state index contributed by atoms with van der Waals surface area (Å²) in [5.74, 6) is -2.15. The first-order valence-corrected chi connectivity index (χ1v) is 8.35. The van der Waals surface area contributed by atoms with Crippen LogP contribution in [0.1, 0.15) is 26.2 Å². The number of aliphatic carboxylic acids is 2. The lowest BCUT2D eigenvalue weighted by atomic mass is 10.0. The maximum absolute atomic E-state index is 10.5. The third-order valence-electron chi connectivity index (χ3n) is 3.86. The number of piperidine rings is 1. The van der Waals surface area contributed by atoms with E-state index in [1.165, 1.54) is 38.1 Å². The zero-order valence-corrected chi connectivity index (χ0v) is 14.7. The van der Waals surface area contributed by atoms with Gasteiger partial charge in [-0.2, -0.15) is 0 Å². The molecule has 0 aromatic heterocycles. The van der Waals surface area contributed by atoms with E-state index in [0.29, 0.717) is 12.4 Å². The Kier molecular flexibility index (Phi) is 9.07. The first-order chi connectivity index (χ1) is 12.3. The molecule has 0 amide bonds. The maximum atomic E-state index is 10.5. The van der Waals surface area contributed by atoms with Gasteiger partial charge in [0, 0.05) is 25.2 Å². The molecule has 1 fully saturated rings. The van der Waals surface area contributed by atoms with Crippen molar-refractivity contribution in [1.29, 1.82) is 0 Å². The lowest BCUT2D eigenvalue weighted by Crippen LogP contribution is -2.35. The Morgan fingerprint density at radius 2 is 1.88 bits per heavy atom. The van der Waals surface area contributed by atoms with Gasteiger partial charge in [0.2, 0.25) is 0 Å². The number of hydrogen-bond donors (Lipinski definition) is 2. The number of rotatable bonds is 6. The molecule has 1 aliphatic rings. The maximum Gasteiger partial charge on any atom is 0.414 e. The number of hydrogen-bond acceptors (Lipinski definition) is 6. The molecule has 1 atom stereocenters. The van der Waals surface area contributed by atoms with Crippen LogP contribution < -0.4 is 4.74 Å². The Balaban J connectivity index is 0.000000487. The number of nitro groups is 1. The minimum absolute atomic E-state index is 0.0969. The lowest BCUT2D eigenvalue weighted by molar-refractivity contribution is -0.384. The van der Waals surface area contributed by atoms with Gasteiger partial charge in [-0.25, -0.2) is 9.59 Å². The van der Waals surface area contributed by atoms with Crippen molar-refractivity contribution in [1.82, 2.24) is 4.90 Å². The van der Waals surface area contributed by atoms with E-state index in [9.17, 15) is 10.1 Å². The second-order valence-electron chi connectivity index (χ2n) is 6.11. The number of carboxylic acids is 2. The molecule has 9 nitrogen and oxygen atoms in total. The Morgan fingerprint density at radius 3 is 2.38 bits per heavy atom. The molecule has 0 radical (unpaired) electrons. The van der Waals surface area contributed by atoms with E-state index in [1.807, 2.05) is 0 Å². The van der Waals surface area contributed by atoms with Crippen molar-refractivity contribution in [3.63, 3.8) is 0 Å². The molecule has 0 aliphatic carbocycles. The molecule has 1 aromatic rings. The second-order valence-corrected chi connectivity index (χ2v) is 6.11. The van der Waals surface area contributed by atoms with E-state index in [1.54, 1.807) is 12.1 Å². The van der Waals surface area contributed by atoms with Gasteiger partial charge in [-0.15, -0.1) is 0 Å². The number of nitrogens with zero attached hydrogens (tertiary/aromatic N) is 2. The highest BCUT2D eigenvalue weighted by Gasteiger charge is 2.15. The van der Waals surface area contributed by atoms with Crippen molar-refractivity contribution < 1.29 is 29.5 Å². The van der Waals surface area contributed by atoms with Crippen molar-refractivity contribution in [2.75, 3.05) is 26.2 Å². The third kappa shape index (κ3) is 8.43. The smallest absolute Gasteiger partial charge is 0.414 e. The summed E-state index contributed by atoms with van der Waals surface area (Å²) < 4.78 is 5.61. The predicted molar refractivity (Wildman–Crippen MR) is 93.3 cm³/mol. The normalized spacial score (nSPS) is 16.9. The fourth-order valence-electron chi connectivity index (χ4n) is 2.63. The molecule has 1 saturated heterocycles. The molecule has 1 aliphatic heterocycles. The first-order valence-electron chi connectivity index (χ1n) is 8.35. The molecule has 0 spiro atoms. The van der Waals surface area contributed by atoms with E-state index in [-0.39, 0.29) is 5.69 Å². The largest absolute Gasteiger partial charge is 0.494 e. The molecule has 9 heteroatoms.